The first-order chi connectivity index (χ1) is 14.2. The minimum absolute atomic E-state index is 0.152. The molecule has 0 aliphatic heterocycles. The Labute approximate surface area is 177 Å². The number of unbranched alkanes of at least 4 members (excludes halogenated alkanes) is 3. The quantitative estimate of drug-likeness (QED) is 0.178. The monoisotopic (exact) mass is 404 g/mol. The van der Waals surface area contributed by atoms with Gasteiger partial charge in [-0.05, 0) is 44.9 Å². The molecule has 2 N–H and O–H groups in total. The standard InChI is InChI=1S/C25H40O4/c1-2-3-4-5-6-7-8-9-10-11-12-13-14-15-16-17-18-19-20-21-25(28)29-23-24(27)22-26/h6-7,9-10,12-13,15-16,18-19,24,26-27H,2-5,8,11,14,17,20-23H2,1H3/b7-6-,10-9-,13-12-,16-15-,19-18-. The maximum absolute atomic E-state index is 11.4. The summed E-state index contributed by atoms with van der Waals surface area (Å²) in [6, 6.07) is 0. The van der Waals surface area contributed by atoms with Crippen molar-refractivity contribution >= 4 is 5.97 Å². The number of rotatable bonds is 18. The molecule has 0 bridgehead atoms. The van der Waals surface area contributed by atoms with Crippen molar-refractivity contribution in [2.24, 2.45) is 0 Å². The van der Waals surface area contributed by atoms with E-state index in [0.29, 0.717) is 6.42 Å². The van der Waals surface area contributed by atoms with Crippen molar-refractivity contribution in [2.75, 3.05) is 13.2 Å². The van der Waals surface area contributed by atoms with E-state index in [-0.39, 0.29) is 19.0 Å². The van der Waals surface area contributed by atoms with Gasteiger partial charge in [-0.3, -0.25) is 4.79 Å². The Bertz CT molecular complexity index is 515. The molecule has 164 valence electrons. The number of aliphatic hydroxyl groups excluding tert-OH is 2. The fourth-order valence-corrected chi connectivity index (χ4v) is 2.35. The summed E-state index contributed by atoms with van der Waals surface area (Å²) in [5.74, 6) is -0.361. The van der Waals surface area contributed by atoms with Gasteiger partial charge in [0, 0.05) is 6.42 Å². The van der Waals surface area contributed by atoms with Crippen molar-refractivity contribution in [1.82, 2.24) is 0 Å². The molecule has 0 aliphatic carbocycles. The summed E-state index contributed by atoms with van der Waals surface area (Å²) in [7, 11) is 0. The van der Waals surface area contributed by atoms with Gasteiger partial charge in [0.1, 0.15) is 12.7 Å². The van der Waals surface area contributed by atoms with Crippen LogP contribution in [0.4, 0.5) is 0 Å². The fourth-order valence-electron chi connectivity index (χ4n) is 2.35. The highest BCUT2D eigenvalue weighted by Crippen LogP contribution is 2.01. The summed E-state index contributed by atoms with van der Waals surface area (Å²) >= 11 is 0. The third-order valence-electron chi connectivity index (χ3n) is 4.06. The predicted octanol–water partition coefficient (Wildman–Crippen LogP) is 5.58. The zero-order valence-corrected chi connectivity index (χ0v) is 18.0. The van der Waals surface area contributed by atoms with E-state index in [1.807, 2.05) is 12.2 Å². The Hall–Kier alpha value is -1.91. The third kappa shape index (κ3) is 22.2. The second-order valence-electron chi connectivity index (χ2n) is 6.85. The number of carbonyl (C=O) groups excluding carboxylic acids is 1. The lowest BCUT2D eigenvalue weighted by Crippen LogP contribution is -2.21. The molecule has 0 fully saturated rings. The molecule has 0 aromatic rings. The van der Waals surface area contributed by atoms with Crippen molar-refractivity contribution in [3.05, 3.63) is 60.8 Å². The number of carbonyl (C=O) groups is 1. The normalized spacial score (nSPS) is 13.6. The topological polar surface area (TPSA) is 66.8 Å². The average Bonchev–Trinajstić information content (AvgIpc) is 2.73. The average molecular weight is 405 g/mol. The molecule has 0 aromatic heterocycles. The number of hydrogen-bond acceptors (Lipinski definition) is 4. The van der Waals surface area contributed by atoms with Crippen LogP contribution >= 0.6 is 0 Å². The van der Waals surface area contributed by atoms with Crippen LogP contribution in [0.5, 0.6) is 0 Å². The van der Waals surface area contributed by atoms with Crippen molar-refractivity contribution in [2.45, 2.75) is 77.2 Å². The first-order valence-corrected chi connectivity index (χ1v) is 10.9. The van der Waals surface area contributed by atoms with Crippen LogP contribution in [0, 0.1) is 0 Å². The fraction of sp³-hybridized carbons (Fsp3) is 0.560. The van der Waals surface area contributed by atoms with Gasteiger partial charge in [-0.15, -0.1) is 0 Å². The van der Waals surface area contributed by atoms with E-state index in [0.717, 1.165) is 25.7 Å². The van der Waals surface area contributed by atoms with Gasteiger partial charge in [0.25, 0.3) is 0 Å². The summed E-state index contributed by atoms with van der Waals surface area (Å²) in [4.78, 5) is 11.4. The molecule has 0 aromatic carbocycles. The molecule has 0 aliphatic rings. The van der Waals surface area contributed by atoms with Crippen molar-refractivity contribution in [3.8, 4) is 0 Å². The highest BCUT2D eigenvalue weighted by atomic mass is 16.5. The number of esters is 1. The summed E-state index contributed by atoms with van der Waals surface area (Å²) in [6.07, 6.45) is 30.3. The molecule has 1 unspecified atom stereocenters. The molecule has 0 amide bonds. The van der Waals surface area contributed by atoms with Gasteiger partial charge >= 0.3 is 5.97 Å². The molecule has 29 heavy (non-hydrogen) atoms. The Morgan fingerprint density at radius 2 is 1.28 bits per heavy atom. The van der Waals surface area contributed by atoms with E-state index in [2.05, 4.69) is 55.5 Å². The van der Waals surface area contributed by atoms with E-state index >= 15 is 0 Å². The Balaban J connectivity index is 3.55. The Morgan fingerprint density at radius 1 is 0.793 bits per heavy atom. The minimum Gasteiger partial charge on any atom is -0.463 e. The van der Waals surface area contributed by atoms with Gasteiger partial charge in [-0.2, -0.15) is 0 Å². The Kier molecular flexibility index (Phi) is 20.9. The van der Waals surface area contributed by atoms with Gasteiger partial charge < -0.3 is 14.9 Å². The largest absolute Gasteiger partial charge is 0.463 e. The molecule has 0 heterocycles. The lowest BCUT2D eigenvalue weighted by atomic mass is 10.2. The molecule has 4 nitrogen and oxygen atoms in total. The van der Waals surface area contributed by atoms with Crippen LogP contribution in [-0.4, -0.2) is 35.5 Å². The van der Waals surface area contributed by atoms with Crippen molar-refractivity contribution < 1.29 is 19.7 Å². The maximum Gasteiger partial charge on any atom is 0.306 e. The van der Waals surface area contributed by atoms with Crippen molar-refractivity contribution in [1.29, 1.82) is 0 Å². The zero-order valence-electron chi connectivity index (χ0n) is 18.0. The summed E-state index contributed by atoms with van der Waals surface area (Å²) in [6.45, 7) is 1.68. The maximum atomic E-state index is 11.4. The van der Waals surface area contributed by atoms with E-state index in [9.17, 15) is 4.79 Å². The van der Waals surface area contributed by atoms with Gasteiger partial charge in [0.15, 0.2) is 0 Å². The molecule has 4 heteroatoms. The highest BCUT2D eigenvalue weighted by molar-refractivity contribution is 5.69. The predicted molar refractivity (Wildman–Crippen MR) is 122 cm³/mol. The molecule has 0 rings (SSSR count). The Morgan fingerprint density at radius 3 is 1.76 bits per heavy atom. The van der Waals surface area contributed by atoms with Crippen LogP contribution in [0.15, 0.2) is 60.8 Å². The number of ether oxygens (including phenoxy) is 1. The van der Waals surface area contributed by atoms with Gasteiger partial charge in [0.2, 0.25) is 0 Å². The van der Waals surface area contributed by atoms with Gasteiger partial charge in [-0.1, -0.05) is 80.5 Å². The molecule has 1 atom stereocenters. The molecular formula is C25H40O4. The van der Waals surface area contributed by atoms with Crippen LogP contribution in [-0.2, 0) is 9.53 Å². The van der Waals surface area contributed by atoms with Gasteiger partial charge in [-0.25, -0.2) is 0 Å². The minimum atomic E-state index is -0.994. The number of hydrogen-bond donors (Lipinski definition) is 2. The molecule has 0 radical (unpaired) electrons. The molecular weight excluding hydrogens is 364 g/mol. The van der Waals surface area contributed by atoms with E-state index < -0.39 is 12.7 Å². The molecule has 0 spiro atoms. The molecule has 0 saturated heterocycles. The first kappa shape index (κ1) is 27.1. The zero-order chi connectivity index (χ0) is 21.4. The molecule has 0 saturated carbocycles. The smallest absolute Gasteiger partial charge is 0.306 e. The second-order valence-corrected chi connectivity index (χ2v) is 6.85. The lowest BCUT2D eigenvalue weighted by Gasteiger charge is -2.07. The number of allylic oxidation sites excluding steroid dienone is 10. The highest BCUT2D eigenvalue weighted by Gasteiger charge is 2.06. The van der Waals surface area contributed by atoms with Crippen LogP contribution in [0.1, 0.15) is 71.1 Å². The summed E-state index contributed by atoms with van der Waals surface area (Å²) in [5.41, 5.74) is 0. The second kappa shape index (κ2) is 22.4. The lowest BCUT2D eigenvalue weighted by molar-refractivity contribution is -0.147. The number of aliphatic hydroxyl groups is 2. The van der Waals surface area contributed by atoms with Crippen molar-refractivity contribution in [3.63, 3.8) is 0 Å². The van der Waals surface area contributed by atoms with Crippen LogP contribution in [0.25, 0.3) is 0 Å². The SMILES string of the molecule is CCCCC/C=C\C/C=C\C/C=C\C/C=C\C/C=C\CCC(=O)OCC(O)CO. The van der Waals surface area contributed by atoms with E-state index in [1.165, 1.54) is 25.7 Å². The summed E-state index contributed by atoms with van der Waals surface area (Å²) in [5, 5.41) is 17.7. The third-order valence-corrected chi connectivity index (χ3v) is 4.06. The first-order valence-electron chi connectivity index (χ1n) is 10.9. The van der Waals surface area contributed by atoms with Crippen LogP contribution < -0.4 is 0 Å². The van der Waals surface area contributed by atoms with E-state index in [1.54, 1.807) is 0 Å². The summed E-state index contributed by atoms with van der Waals surface area (Å²) < 4.78 is 4.82. The van der Waals surface area contributed by atoms with Crippen LogP contribution in [0.2, 0.25) is 0 Å². The van der Waals surface area contributed by atoms with E-state index in [4.69, 9.17) is 14.9 Å². The van der Waals surface area contributed by atoms with Crippen LogP contribution in [0.3, 0.4) is 0 Å². The van der Waals surface area contributed by atoms with Gasteiger partial charge in [0.05, 0.1) is 6.61 Å².